The molecule has 0 saturated carbocycles. The van der Waals surface area contributed by atoms with Gasteiger partial charge < -0.3 is 14.5 Å². The van der Waals surface area contributed by atoms with Crippen LogP contribution in [0, 0.1) is 0 Å². The Morgan fingerprint density at radius 2 is 1.88 bits per heavy atom. The normalized spacial score (nSPS) is 10.7. The second-order valence-electron chi connectivity index (χ2n) is 5.89. The maximum Gasteiger partial charge on any atom is 0.343 e. The molecule has 0 amide bonds. The Labute approximate surface area is 151 Å². The predicted molar refractivity (Wildman–Crippen MR) is 101 cm³/mol. The number of fused-ring (bicyclic) bond motifs is 1. The van der Waals surface area contributed by atoms with Crippen molar-refractivity contribution in [1.82, 2.24) is 4.98 Å². The van der Waals surface area contributed by atoms with Gasteiger partial charge >= 0.3 is 5.97 Å². The quantitative estimate of drug-likeness (QED) is 0.685. The van der Waals surface area contributed by atoms with E-state index in [1.54, 1.807) is 13.0 Å². The summed E-state index contributed by atoms with van der Waals surface area (Å²) in [4.78, 5) is 27.6. The number of ether oxygens (including phenoxy) is 2. The number of benzene rings is 2. The molecule has 134 valence electrons. The van der Waals surface area contributed by atoms with Crippen LogP contribution in [0.15, 0.2) is 53.5 Å². The number of carbonyl (C=O) groups excluding carboxylic acids is 1. The van der Waals surface area contributed by atoms with E-state index in [9.17, 15) is 9.59 Å². The van der Waals surface area contributed by atoms with Gasteiger partial charge in [0.15, 0.2) is 0 Å². The largest absolute Gasteiger partial charge is 0.489 e. The average Bonchev–Trinajstić information content (AvgIpc) is 2.67. The molecule has 0 radical (unpaired) electrons. The number of hydrogen-bond donors (Lipinski definition) is 1. The fourth-order valence-electron chi connectivity index (χ4n) is 2.80. The molecule has 5 heteroatoms. The molecule has 0 unspecified atom stereocenters. The molecule has 0 fully saturated rings. The summed E-state index contributed by atoms with van der Waals surface area (Å²) in [6, 6.07) is 13.5. The van der Waals surface area contributed by atoms with Crippen LogP contribution in [0.3, 0.4) is 0 Å². The van der Waals surface area contributed by atoms with Crippen LogP contribution in [0.5, 0.6) is 5.75 Å². The van der Waals surface area contributed by atoms with Crippen molar-refractivity contribution >= 4 is 16.9 Å². The zero-order valence-corrected chi connectivity index (χ0v) is 14.9. The van der Waals surface area contributed by atoms with Gasteiger partial charge in [-0.05, 0) is 30.5 Å². The second kappa shape index (κ2) is 7.87. The molecular weight excluding hydrogens is 330 g/mol. The summed E-state index contributed by atoms with van der Waals surface area (Å²) >= 11 is 0. The average molecular weight is 351 g/mol. The van der Waals surface area contributed by atoms with Crippen molar-refractivity contribution in [2.45, 2.75) is 26.9 Å². The summed E-state index contributed by atoms with van der Waals surface area (Å²) in [7, 11) is 0. The molecule has 3 rings (SSSR count). The SMILES string of the molecule is CCOC(=O)c1c[nH]c2cc(OCc3ccccc3)c(CC)cc2c1=O. The molecule has 5 nitrogen and oxygen atoms in total. The predicted octanol–water partition coefficient (Wildman–Crippen LogP) is 3.85. The van der Waals surface area contributed by atoms with Gasteiger partial charge in [0, 0.05) is 17.6 Å². The number of H-pyrrole nitrogens is 1. The molecular formula is C21H21NO4. The zero-order chi connectivity index (χ0) is 18.5. The Balaban J connectivity index is 1.97. The summed E-state index contributed by atoms with van der Waals surface area (Å²) in [6.45, 7) is 4.38. The molecule has 0 aliphatic heterocycles. The third-order valence-corrected chi connectivity index (χ3v) is 4.18. The van der Waals surface area contributed by atoms with Gasteiger partial charge in [0.25, 0.3) is 0 Å². The van der Waals surface area contributed by atoms with E-state index in [2.05, 4.69) is 4.98 Å². The molecule has 0 aliphatic rings. The second-order valence-corrected chi connectivity index (χ2v) is 5.89. The highest BCUT2D eigenvalue weighted by atomic mass is 16.5. The first-order valence-electron chi connectivity index (χ1n) is 8.66. The van der Waals surface area contributed by atoms with Crippen LogP contribution in [0.4, 0.5) is 0 Å². The maximum absolute atomic E-state index is 12.6. The van der Waals surface area contributed by atoms with Crippen LogP contribution < -0.4 is 10.2 Å². The van der Waals surface area contributed by atoms with E-state index in [0.29, 0.717) is 23.9 Å². The van der Waals surface area contributed by atoms with Crippen LogP contribution in [0.25, 0.3) is 10.9 Å². The van der Waals surface area contributed by atoms with E-state index in [-0.39, 0.29) is 17.6 Å². The van der Waals surface area contributed by atoms with Gasteiger partial charge in [0.2, 0.25) is 5.43 Å². The molecule has 1 aromatic heterocycles. The fraction of sp³-hybridized carbons (Fsp3) is 0.238. The summed E-state index contributed by atoms with van der Waals surface area (Å²) in [6.07, 6.45) is 2.11. The summed E-state index contributed by atoms with van der Waals surface area (Å²) in [5, 5.41) is 0.458. The van der Waals surface area contributed by atoms with Crippen molar-refractivity contribution in [1.29, 1.82) is 0 Å². The van der Waals surface area contributed by atoms with Crippen molar-refractivity contribution in [2.75, 3.05) is 6.61 Å². The van der Waals surface area contributed by atoms with E-state index < -0.39 is 5.97 Å². The van der Waals surface area contributed by atoms with Gasteiger partial charge in [0.05, 0.1) is 12.1 Å². The Morgan fingerprint density at radius 1 is 1.12 bits per heavy atom. The number of pyridine rings is 1. The molecule has 0 spiro atoms. The van der Waals surface area contributed by atoms with Crippen molar-refractivity contribution in [3.05, 3.63) is 75.6 Å². The minimum atomic E-state index is -0.613. The molecule has 2 aromatic carbocycles. The molecule has 0 bridgehead atoms. The number of carbonyl (C=O) groups is 1. The number of nitrogens with one attached hydrogen (secondary N) is 1. The van der Waals surface area contributed by atoms with Crippen molar-refractivity contribution in [3.63, 3.8) is 0 Å². The number of aromatic nitrogens is 1. The lowest BCUT2D eigenvalue weighted by Gasteiger charge is -2.12. The van der Waals surface area contributed by atoms with Crippen LogP contribution in [0.2, 0.25) is 0 Å². The van der Waals surface area contributed by atoms with Gasteiger partial charge in [-0.3, -0.25) is 4.79 Å². The Morgan fingerprint density at radius 3 is 2.58 bits per heavy atom. The van der Waals surface area contributed by atoms with Crippen molar-refractivity contribution in [3.8, 4) is 5.75 Å². The minimum absolute atomic E-state index is 0.0133. The third-order valence-electron chi connectivity index (χ3n) is 4.18. The van der Waals surface area contributed by atoms with E-state index in [4.69, 9.17) is 9.47 Å². The van der Waals surface area contributed by atoms with Gasteiger partial charge in [-0.1, -0.05) is 37.3 Å². The smallest absolute Gasteiger partial charge is 0.343 e. The summed E-state index contributed by atoms with van der Waals surface area (Å²) in [5.74, 6) is 0.112. The molecule has 3 aromatic rings. The van der Waals surface area contributed by atoms with Gasteiger partial charge in [0.1, 0.15) is 17.9 Å². The van der Waals surface area contributed by atoms with Gasteiger partial charge in [-0.2, -0.15) is 0 Å². The lowest BCUT2D eigenvalue weighted by Crippen LogP contribution is -2.18. The minimum Gasteiger partial charge on any atom is -0.489 e. The molecule has 0 aliphatic carbocycles. The topological polar surface area (TPSA) is 68.4 Å². The highest BCUT2D eigenvalue weighted by molar-refractivity contribution is 5.94. The first-order valence-corrected chi connectivity index (χ1v) is 8.66. The molecule has 0 saturated heterocycles. The maximum atomic E-state index is 12.6. The van der Waals surface area contributed by atoms with Gasteiger partial charge in [-0.15, -0.1) is 0 Å². The Hall–Kier alpha value is -3.08. The zero-order valence-electron chi connectivity index (χ0n) is 14.9. The van der Waals surface area contributed by atoms with Crippen LogP contribution in [-0.4, -0.2) is 17.6 Å². The Kier molecular flexibility index (Phi) is 5.37. The number of rotatable bonds is 6. The molecule has 1 heterocycles. The lowest BCUT2D eigenvalue weighted by molar-refractivity contribution is 0.0524. The van der Waals surface area contributed by atoms with Gasteiger partial charge in [-0.25, -0.2) is 4.79 Å². The van der Waals surface area contributed by atoms with Crippen molar-refractivity contribution < 1.29 is 14.3 Å². The number of aromatic amines is 1. The lowest BCUT2D eigenvalue weighted by atomic mass is 10.1. The van der Waals surface area contributed by atoms with Crippen LogP contribution in [-0.2, 0) is 17.8 Å². The molecule has 1 N–H and O–H groups in total. The third kappa shape index (κ3) is 3.61. The number of esters is 1. The standard InChI is InChI=1S/C21H21NO4/c1-3-15-10-16-18(22-12-17(20(16)23)21(24)25-4-2)11-19(15)26-13-14-8-6-5-7-9-14/h5-12H,3-4,13H2,1-2H3,(H,22,23). The van der Waals surface area contributed by atoms with E-state index in [1.165, 1.54) is 6.20 Å². The highest BCUT2D eigenvalue weighted by Gasteiger charge is 2.16. The first kappa shape index (κ1) is 17.7. The monoisotopic (exact) mass is 351 g/mol. The fourth-order valence-corrected chi connectivity index (χ4v) is 2.80. The summed E-state index contributed by atoms with van der Waals surface area (Å²) < 4.78 is 10.9. The number of aryl methyl sites for hydroxylation is 1. The molecule has 26 heavy (non-hydrogen) atoms. The van der Waals surface area contributed by atoms with E-state index in [1.807, 2.05) is 43.3 Å². The van der Waals surface area contributed by atoms with E-state index in [0.717, 1.165) is 16.9 Å². The number of hydrogen-bond acceptors (Lipinski definition) is 4. The van der Waals surface area contributed by atoms with E-state index >= 15 is 0 Å². The highest BCUT2D eigenvalue weighted by Crippen LogP contribution is 2.25. The first-order chi connectivity index (χ1) is 12.6. The molecule has 0 atom stereocenters. The summed E-state index contributed by atoms with van der Waals surface area (Å²) in [5.41, 5.74) is 2.30. The van der Waals surface area contributed by atoms with Crippen LogP contribution >= 0.6 is 0 Å². The Bertz CT molecular complexity index is 976. The van der Waals surface area contributed by atoms with Crippen LogP contribution in [0.1, 0.15) is 35.3 Å². The van der Waals surface area contributed by atoms with Crippen molar-refractivity contribution in [2.24, 2.45) is 0 Å².